The monoisotopic (exact) mass is 792 g/mol. The number of Topliss-reactive ketones (excluding diaryl/α,β-unsaturated/α-hetero) is 2. The number of pyridine rings is 1. The average Bonchev–Trinajstić information content (AvgIpc) is 3.18. The van der Waals surface area contributed by atoms with Crippen LogP contribution in [0.3, 0.4) is 0 Å². The van der Waals surface area contributed by atoms with Crippen molar-refractivity contribution in [3.05, 3.63) is 75.3 Å². The van der Waals surface area contributed by atoms with Gasteiger partial charge in [0.2, 0.25) is 17.2 Å². The number of nitrogens with zero attached hydrogens (tertiary/aromatic N) is 4. The van der Waals surface area contributed by atoms with E-state index in [1.54, 1.807) is 54.8 Å². The summed E-state index contributed by atoms with van der Waals surface area (Å²) < 4.78 is 22.4. The molecular weight excluding hydrogens is 739 g/mol. The predicted octanol–water partition coefficient (Wildman–Crippen LogP) is 3.36. The van der Waals surface area contributed by atoms with Crippen LogP contribution in [0.4, 0.5) is 14.9 Å². The molecule has 1 aliphatic heterocycles. The summed E-state index contributed by atoms with van der Waals surface area (Å²) in [5.74, 6) is -3.78. The quantitative estimate of drug-likeness (QED) is 0.171. The third kappa shape index (κ3) is 11.5. The highest BCUT2D eigenvalue weighted by Gasteiger charge is 2.29. The molecule has 0 saturated carbocycles. The van der Waals surface area contributed by atoms with Gasteiger partial charge >= 0.3 is 12.1 Å². The molecule has 57 heavy (non-hydrogen) atoms. The number of carbonyl (C=O) groups excluding carboxylic acids is 5. The number of ketones is 2. The van der Waals surface area contributed by atoms with E-state index < -0.39 is 46.7 Å². The topological polar surface area (TPSA) is 202 Å². The molecule has 0 bridgehead atoms. The van der Waals surface area contributed by atoms with Crippen LogP contribution in [0.2, 0.25) is 0 Å². The third-order valence-electron chi connectivity index (χ3n) is 10.2. The lowest BCUT2D eigenvalue weighted by molar-refractivity contribution is -0.133. The Morgan fingerprint density at radius 3 is 2.21 bits per heavy atom. The number of aromatic nitrogens is 1. The Hall–Kier alpha value is -5.64. The van der Waals surface area contributed by atoms with Gasteiger partial charge in [-0.3, -0.25) is 24.0 Å². The minimum absolute atomic E-state index is 0.00220. The Kier molecular flexibility index (Phi) is 15.5. The van der Waals surface area contributed by atoms with E-state index in [1.165, 1.54) is 22.1 Å². The van der Waals surface area contributed by atoms with Crippen molar-refractivity contribution in [2.45, 2.75) is 72.1 Å². The number of hydrogen-bond acceptors (Lipinski definition) is 10. The maximum atomic E-state index is 15.3. The summed E-state index contributed by atoms with van der Waals surface area (Å²) in [5, 5.41) is 12.1. The molecule has 0 spiro atoms. The fraction of sp³-hybridized carbons (Fsp3) is 0.488. The summed E-state index contributed by atoms with van der Waals surface area (Å²) in [6.07, 6.45) is 1.54. The van der Waals surface area contributed by atoms with Gasteiger partial charge in [0.1, 0.15) is 29.8 Å². The Morgan fingerprint density at radius 2 is 1.63 bits per heavy atom. The molecule has 4 N–H and O–H groups in total. The first-order valence-electron chi connectivity index (χ1n) is 19.1. The summed E-state index contributed by atoms with van der Waals surface area (Å²) >= 11 is 0. The van der Waals surface area contributed by atoms with Crippen LogP contribution in [-0.4, -0.2) is 108 Å². The molecule has 1 aliphatic rings. The van der Waals surface area contributed by atoms with Gasteiger partial charge in [-0.25, -0.2) is 14.0 Å². The van der Waals surface area contributed by atoms with E-state index >= 15 is 4.39 Å². The van der Waals surface area contributed by atoms with E-state index in [-0.39, 0.29) is 86.4 Å². The number of rotatable bonds is 18. The van der Waals surface area contributed by atoms with Crippen molar-refractivity contribution in [2.24, 2.45) is 17.6 Å². The van der Waals surface area contributed by atoms with Crippen LogP contribution in [0, 0.1) is 17.7 Å². The first kappa shape index (κ1) is 44.1. The normalized spacial score (nSPS) is 14.0. The highest BCUT2D eigenvalue weighted by Crippen LogP contribution is 2.27. The largest absolute Gasteiger partial charge is 0.477 e. The number of fused-ring (bicyclic) bond motifs is 1. The molecule has 15 nitrogen and oxygen atoms in total. The Bertz CT molecular complexity index is 2020. The molecule has 3 aromatic rings. The maximum Gasteiger partial charge on any atom is 0.410 e. The number of anilines is 1. The molecule has 4 rings (SSSR count). The number of aromatic carboxylic acids is 1. The predicted molar refractivity (Wildman–Crippen MR) is 211 cm³/mol. The molecular formula is C41H53FN6O9. The SMILES string of the molecule is CCn1cc(C(=O)O)c(=O)c2cc(F)c(N3CCN(C(=O)OCc4ccc(CC(=O)[C@H](CN)NC(=O)[C@@H](CC(=O)CCCC(=O)N(C)C)C(C)C)cc4)CC3)cc21. The van der Waals surface area contributed by atoms with Crippen LogP contribution in [0.15, 0.2) is 47.4 Å². The lowest BCUT2D eigenvalue weighted by Gasteiger charge is -2.35. The second-order valence-electron chi connectivity index (χ2n) is 14.8. The van der Waals surface area contributed by atoms with Crippen molar-refractivity contribution >= 4 is 52.0 Å². The van der Waals surface area contributed by atoms with Gasteiger partial charge in [0.15, 0.2) is 5.78 Å². The zero-order valence-corrected chi connectivity index (χ0v) is 33.2. The fourth-order valence-electron chi connectivity index (χ4n) is 6.69. The minimum atomic E-state index is -1.38. The number of piperazine rings is 1. The van der Waals surface area contributed by atoms with Crippen LogP contribution < -0.4 is 21.4 Å². The fourth-order valence-corrected chi connectivity index (χ4v) is 6.69. The van der Waals surface area contributed by atoms with Gasteiger partial charge in [0, 0.05) is 96.5 Å². The summed E-state index contributed by atoms with van der Waals surface area (Å²) in [5.41, 5.74) is 6.70. The molecule has 3 amide bonds. The van der Waals surface area contributed by atoms with Gasteiger partial charge in [-0.2, -0.15) is 0 Å². The molecule has 1 fully saturated rings. The molecule has 0 radical (unpaired) electrons. The van der Waals surface area contributed by atoms with E-state index in [1.807, 2.05) is 13.8 Å². The standard InChI is InChI=1S/C41H53FN6O9/c1-6-46-23-31(40(54)55)38(52)30-20-32(42)35(21-34(30)46)47-14-16-48(17-15-47)41(56)57-24-27-12-10-26(11-13-27)18-36(50)33(22-43)44-39(53)29(25(2)3)19-28(49)8-7-9-37(51)45(4)5/h10-13,20-21,23,25,29,33H,6-9,14-19,22,24,43H2,1-5H3,(H,44,53)(H,54,55)/t29-,33-/m0/s1. The van der Waals surface area contributed by atoms with Gasteiger partial charge in [0.25, 0.3) is 0 Å². The van der Waals surface area contributed by atoms with Crippen molar-refractivity contribution in [1.29, 1.82) is 0 Å². The lowest BCUT2D eigenvalue weighted by Crippen LogP contribution is -2.49. The summed E-state index contributed by atoms with van der Waals surface area (Å²) in [6, 6.07) is 8.57. The molecule has 0 aliphatic carbocycles. The van der Waals surface area contributed by atoms with Gasteiger partial charge in [0.05, 0.1) is 11.2 Å². The number of halogens is 1. The molecule has 1 aromatic heterocycles. The Morgan fingerprint density at radius 1 is 0.982 bits per heavy atom. The van der Waals surface area contributed by atoms with Gasteiger partial charge in [-0.15, -0.1) is 0 Å². The molecule has 16 heteroatoms. The maximum absolute atomic E-state index is 15.3. The second-order valence-corrected chi connectivity index (χ2v) is 14.8. The number of nitrogens with two attached hydrogens (primary N) is 1. The van der Waals surface area contributed by atoms with E-state index in [0.717, 1.165) is 6.07 Å². The van der Waals surface area contributed by atoms with E-state index in [9.17, 15) is 38.7 Å². The first-order valence-corrected chi connectivity index (χ1v) is 19.1. The number of ether oxygens (including phenoxy) is 1. The van der Waals surface area contributed by atoms with Crippen LogP contribution in [0.25, 0.3) is 10.9 Å². The molecule has 1 saturated heterocycles. The van der Waals surface area contributed by atoms with Crippen molar-refractivity contribution in [3.63, 3.8) is 0 Å². The van der Waals surface area contributed by atoms with Gasteiger partial charge in [-0.1, -0.05) is 38.1 Å². The molecule has 0 unspecified atom stereocenters. The van der Waals surface area contributed by atoms with Gasteiger partial charge < -0.3 is 40.2 Å². The zero-order chi connectivity index (χ0) is 42.0. The smallest absolute Gasteiger partial charge is 0.410 e. The number of amides is 3. The summed E-state index contributed by atoms with van der Waals surface area (Å²) in [4.78, 5) is 92.7. The van der Waals surface area contributed by atoms with E-state index in [0.29, 0.717) is 42.7 Å². The number of benzene rings is 2. The van der Waals surface area contributed by atoms with Crippen LogP contribution in [-0.2, 0) is 43.5 Å². The number of carboxylic acids is 1. The van der Waals surface area contributed by atoms with Crippen molar-refractivity contribution in [2.75, 3.05) is 51.7 Å². The van der Waals surface area contributed by atoms with Crippen molar-refractivity contribution in [1.82, 2.24) is 19.7 Å². The number of aryl methyl sites for hydroxylation is 1. The number of nitrogens with one attached hydrogen (secondary N) is 1. The Labute approximate surface area is 330 Å². The van der Waals surface area contributed by atoms with Crippen molar-refractivity contribution in [3.8, 4) is 0 Å². The van der Waals surface area contributed by atoms with Crippen LogP contribution in [0.1, 0.15) is 67.9 Å². The Balaban J connectivity index is 1.26. The van der Waals surface area contributed by atoms with Crippen LogP contribution in [0.5, 0.6) is 0 Å². The van der Waals surface area contributed by atoms with Gasteiger partial charge in [-0.05, 0) is 42.5 Å². The summed E-state index contributed by atoms with van der Waals surface area (Å²) in [6.45, 7) is 6.77. The minimum Gasteiger partial charge on any atom is -0.477 e. The molecule has 308 valence electrons. The molecule has 2 aromatic carbocycles. The van der Waals surface area contributed by atoms with E-state index in [4.69, 9.17) is 10.5 Å². The average molecular weight is 793 g/mol. The number of carboxylic acid groups (broad SMARTS) is 1. The third-order valence-corrected chi connectivity index (χ3v) is 10.2. The number of carbonyl (C=O) groups is 6. The lowest BCUT2D eigenvalue weighted by atomic mass is 9.88. The highest BCUT2D eigenvalue weighted by atomic mass is 19.1. The van der Waals surface area contributed by atoms with E-state index in [2.05, 4.69) is 5.32 Å². The molecule has 2 atom stereocenters. The first-order chi connectivity index (χ1) is 27.0. The van der Waals surface area contributed by atoms with Crippen LogP contribution >= 0.6 is 0 Å². The second kappa shape index (κ2) is 20.0. The molecule has 2 heterocycles. The summed E-state index contributed by atoms with van der Waals surface area (Å²) in [7, 11) is 3.30. The highest BCUT2D eigenvalue weighted by molar-refractivity contribution is 5.94. The van der Waals surface area contributed by atoms with Crippen molar-refractivity contribution < 1.29 is 43.0 Å². The number of hydrogen-bond donors (Lipinski definition) is 3. The zero-order valence-electron chi connectivity index (χ0n) is 33.2.